The van der Waals surface area contributed by atoms with Crippen LogP contribution in [-0.2, 0) is 11.3 Å². The third-order valence-electron chi connectivity index (χ3n) is 4.20. The molecule has 3 aromatic rings. The van der Waals surface area contributed by atoms with Gasteiger partial charge in [0, 0.05) is 36.7 Å². The van der Waals surface area contributed by atoms with E-state index in [1.807, 2.05) is 71.4 Å². The van der Waals surface area contributed by atoms with Crippen molar-refractivity contribution >= 4 is 11.7 Å². The zero-order valence-corrected chi connectivity index (χ0v) is 15.3. The first-order valence-electron chi connectivity index (χ1n) is 9.06. The molecule has 0 amide bonds. The van der Waals surface area contributed by atoms with E-state index in [-0.39, 0.29) is 5.97 Å². The fraction of sp³-hybridized carbons (Fsp3) is 0.227. The van der Waals surface area contributed by atoms with Crippen LogP contribution < -0.4 is 5.32 Å². The van der Waals surface area contributed by atoms with Gasteiger partial charge >= 0.3 is 5.97 Å². The molecule has 0 radical (unpaired) electrons. The minimum atomic E-state index is -0.601. The molecule has 0 fully saturated rings. The molecule has 0 aliphatic heterocycles. The predicted molar refractivity (Wildman–Crippen MR) is 107 cm³/mol. The number of carbonyl (C=O) groups excluding carboxylic acids is 1. The fourth-order valence-electron chi connectivity index (χ4n) is 2.93. The number of aliphatic hydroxyl groups excluding tert-OH is 1. The maximum absolute atomic E-state index is 12.3. The summed E-state index contributed by atoms with van der Waals surface area (Å²) in [7, 11) is 0. The van der Waals surface area contributed by atoms with E-state index in [0.29, 0.717) is 25.3 Å². The molecular formula is C22H24N2O3. The van der Waals surface area contributed by atoms with Crippen LogP contribution in [0.4, 0.5) is 5.69 Å². The first-order chi connectivity index (χ1) is 13.2. The van der Waals surface area contributed by atoms with Gasteiger partial charge in [0.1, 0.15) is 0 Å². The number of hydrogen-bond donors (Lipinski definition) is 2. The molecule has 0 bridgehead atoms. The average molecular weight is 364 g/mol. The molecule has 1 atom stereocenters. The predicted octanol–water partition coefficient (Wildman–Crippen LogP) is 3.80. The van der Waals surface area contributed by atoms with Crippen molar-refractivity contribution < 1.29 is 14.6 Å². The second kappa shape index (κ2) is 9.05. The summed E-state index contributed by atoms with van der Waals surface area (Å²) in [5.41, 5.74) is 3.21. The SMILES string of the molecule is CCOC(=O)c1cn(CC(O)CNc2ccccc2)cc1-c1ccccc1. The normalized spacial score (nSPS) is 11.8. The number of benzene rings is 2. The van der Waals surface area contributed by atoms with Crippen molar-refractivity contribution in [1.29, 1.82) is 0 Å². The molecule has 0 saturated carbocycles. The van der Waals surface area contributed by atoms with E-state index in [9.17, 15) is 9.90 Å². The lowest BCUT2D eigenvalue weighted by molar-refractivity contribution is 0.0527. The van der Waals surface area contributed by atoms with Gasteiger partial charge in [-0.2, -0.15) is 0 Å². The standard InChI is InChI=1S/C22H24N2O3/c1-2-27-22(26)21-16-24(15-20(21)17-9-5-3-6-10-17)14-19(25)13-23-18-11-7-4-8-12-18/h3-12,15-16,19,23,25H,2,13-14H2,1H3. The van der Waals surface area contributed by atoms with Gasteiger partial charge < -0.3 is 19.7 Å². The van der Waals surface area contributed by atoms with Crippen LogP contribution in [0.25, 0.3) is 11.1 Å². The average Bonchev–Trinajstić information content (AvgIpc) is 3.12. The molecule has 27 heavy (non-hydrogen) atoms. The molecule has 3 rings (SSSR count). The van der Waals surface area contributed by atoms with Crippen molar-refractivity contribution in [2.24, 2.45) is 0 Å². The minimum absolute atomic E-state index is 0.321. The number of hydrogen-bond acceptors (Lipinski definition) is 4. The smallest absolute Gasteiger partial charge is 0.340 e. The van der Waals surface area contributed by atoms with Gasteiger partial charge in [0.25, 0.3) is 0 Å². The van der Waals surface area contributed by atoms with Crippen molar-refractivity contribution in [3.05, 3.63) is 78.6 Å². The summed E-state index contributed by atoms with van der Waals surface area (Å²) in [6.07, 6.45) is 3.02. The molecule has 0 spiro atoms. The van der Waals surface area contributed by atoms with Gasteiger partial charge in [-0.1, -0.05) is 48.5 Å². The van der Waals surface area contributed by atoms with Gasteiger partial charge in [-0.15, -0.1) is 0 Å². The Kier molecular flexibility index (Phi) is 6.28. The summed E-state index contributed by atoms with van der Waals surface area (Å²) < 4.78 is 7.03. The number of para-hydroxylation sites is 1. The van der Waals surface area contributed by atoms with Gasteiger partial charge in [0.2, 0.25) is 0 Å². The zero-order chi connectivity index (χ0) is 19.1. The molecule has 0 saturated heterocycles. The molecule has 1 unspecified atom stereocenters. The van der Waals surface area contributed by atoms with E-state index in [4.69, 9.17) is 4.74 Å². The lowest BCUT2D eigenvalue weighted by atomic mass is 10.1. The van der Waals surface area contributed by atoms with Crippen LogP contribution in [0.5, 0.6) is 0 Å². The number of ether oxygens (including phenoxy) is 1. The third kappa shape index (κ3) is 4.99. The number of anilines is 1. The topological polar surface area (TPSA) is 63.5 Å². The Morgan fingerprint density at radius 1 is 1.07 bits per heavy atom. The number of nitrogens with zero attached hydrogens (tertiary/aromatic N) is 1. The van der Waals surface area contributed by atoms with Crippen LogP contribution in [0, 0.1) is 0 Å². The second-order valence-corrected chi connectivity index (χ2v) is 6.27. The number of carbonyl (C=O) groups is 1. The largest absolute Gasteiger partial charge is 0.462 e. The summed E-state index contributed by atoms with van der Waals surface area (Å²) in [6, 6.07) is 19.4. The van der Waals surface area contributed by atoms with Crippen LogP contribution in [0.2, 0.25) is 0 Å². The van der Waals surface area contributed by atoms with E-state index in [2.05, 4.69) is 5.32 Å². The summed E-state index contributed by atoms with van der Waals surface area (Å²) in [5.74, 6) is -0.355. The molecule has 2 aromatic carbocycles. The highest BCUT2D eigenvalue weighted by Gasteiger charge is 2.18. The summed E-state index contributed by atoms with van der Waals surface area (Å²) in [4.78, 5) is 12.3. The van der Waals surface area contributed by atoms with Crippen molar-refractivity contribution in [2.45, 2.75) is 19.6 Å². The van der Waals surface area contributed by atoms with Crippen molar-refractivity contribution in [3.8, 4) is 11.1 Å². The molecule has 2 N–H and O–H groups in total. The summed E-state index contributed by atoms with van der Waals surface area (Å²) in [5, 5.41) is 13.6. The summed E-state index contributed by atoms with van der Waals surface area (Å²) in [6.45, 7) is 2.90. The maximum atomic E-state index is 12.3. The van der Waals surface area contributed by atoms with E-state index < -0.39 is 6.10 Å². The van der Waals surface area contributed by atoms with E-state index in [1.54, 1.807) is 13.1 Å². The number of aliphatic hydroxyl groups is 1. The van der Waals surface area contributed by atoms with Crippen LogP contribution in [0.1, 0.15) is 17.3 Å². The van der Waals surface area contributed by atoms with Crippen LogP contribution >= 0.6 is 0 Å². The zero-order valence-electron chi connectivity index (χ0n) is 15.3. The third-order valence-corrected chi connectivity index (χ3v) is 4.20. The van der Waals surface area contributed by atoms with E-state index in [1.165, 1.54) is 0 Å². The second-order valence-electron chi connectivity index (χ2n) is 6.27. The molecule has 0 aliphatic carbocycles. The van der Waals surface area contributed by atoms with Crippen LogP contribution in [-0.4, -0.2) is 34.9 Å². The van der Waals surface area contributed by atoms with E-state index >= 15 is 0 Å². The lowest BCUT2D eigenvalue weighted by Crippen LogP contribution is -2.24. The van der Waals surface area contributed by atoms with Gasteiger partial charge in [0.15, 0.2) is 0 Å². The Labute approximate surface area is 159 Å². The molecule has 1 aromatic heterocycles. The summed E-state index contributed by atoms with van der Waals surface area (Å²) >= 11 is 0. The van der Waals surface area contributed by atoms with Crippen molar-refractivity contribution in [1.82, 2.24) is 4.57 Å². The van der Waals surface area contributed by atoms with Gasteiger partial charge in [-0.05, 0) is 24.6 Å². The lowest BCUT2D eigenvalue weighted by Gasteiger charge is -2.13. The molecule has 0 aliphatic rings. The minimum Gasteiger partial charge on any atom is -0.462 e. The van der Waals surface area contributed by atoms with E-state index in [0.717, 1.165) is 16.8 Å². The monoisotopic (exact) mass is 364 g/mol. The highest BCUT2D eigenvalue weighted by atomic mass is 16.5. The Morgan fingerprint density at radius 3 is 2.41 bits per heavy atom. The highest BCUT2D eigenvalue weighted by Crippen LogP contribution is 2.25. The number of esters is 1. The Bertz CT molecular complexity index is 860. The molecule has 5 heteroatoms. The molecule has 5 nitrogen and oxygen atoms in total. The van der Waals surface area contributed by atoms with Crippen molar-refractivity contribution in [3.63, 3.8) is 0 Å². The number of rotatable bonds is 8. The number of aromatic nitrogens is 1. The van der Waals surface area contributed by atoms with Gasteiger partial charge in [-0.25, -0.2) is 4.79 Å². The Hall–Kier alpha value is -3.05. The van der Waals surface area contributed by atoms with Crippen molar-refractivity contribution in [2.75, 3.05) is 18.5 Å². The van der Waals surface area contributed by atoms with Crippen LogP contribution in [0.15, 0.2) is 73.1 Å². The Morgan fingerprint density at radius 2 is 1.74 bits per heavy atom. The van der Waals surface area contributed by atoms with Gasteiger partial charge in [-0.3, -0.25) is 0 Å². The fourth-order valence-corrected chi connectivity index (χ4v) is 2.93. The maximum Gasteiger partial charge on any atom is 0.340 e. The first-order valence-corrected chi connectivity index (χ1v) is 9.06. The molecule has 1 heterocycles. The molecular weight excluding hydrogens is 340 g/mol. The first kappa shape index (κ1) is 18.7. The van der Waals surface area contributed by atoms with Crippen LogP contribution in [0.3, 0.4) is 0 Å². The molecule has 140 valence electrons. The number of nitrogens with one attached hydrogen (secondary N) is 1. The quantitative estimate of drug-likeness (QED) is 0.597. The van der Waals surface area contributed by atoms with Gasteiger partial charge in [0.05, 0.1) is 18.3 Å². The highest BCUT2D eigenvalue weighted by molar-refractivity contribution is 5.97. The Balaban J connectivity index is 1.74.